The Labute approximate surface area is 112 Å². The highest BCUT2D eigenvalue weighted by Crippen LogP contribution is 2.29. The molecule has 1 heterocycles. The summed E-state index contributed by atoms with van der Waals surface area (Å²) < 4.78 is 0. The van der Waals surface area contributed by atoms with Gasteiger partial charge in [0.15, 0.2) is 0 Å². The van der Waals surface area contributed by atoms with E-state index in [0.29, 0.717) is 6.61 Å². The monoisotopic (exact) mass is 253 g/mol. The Kier molecular flexibility index (Phi) is 3.29. The molecule has 0 bridgehead atoms. The van der Waals surface area contributed by atoms with Gasteiger partial charge in [0.25, 0.3) is 0 Å². The van der Waals surface area contributed by atoms with Crippen LogP contribution in [-0.2, 0) is 4.84 Å². The summed E-state index contributed by atoms with van der Waals surface area (Å²) in [6.45, 7) is 0.417. The van der Waals surface area contributed by atoms with Crippen LogP contribution in [0.25, 0.3) is 0 Å². The number of rotatable bonds is 3. The topological polar surface area (TPSA) is 41.8 Å². The van der Waals surface area contributed by atoms with Gasteiger partial charge in [0.05, 0.1) is 17.7 Å². The van der Waals surface area contributed by atoms with E-state index in [4.69, 9.17) is 4.84 Å². The quantitative estimate of drug-likeness (QED) is 0.913. The molecule has 0 radical (unpaired) electrons. The lowest BCUT2D eigenvalue weighted by Crippen LogP contribution is -2.22. The molecule has 2 aromatic carbocycles. The number of aliphatic hydroxyl groups is 1. The first-order valence-corrected chi connectivity index (χ1v) is 6.34. The molecule has 2 aromatic rings. The zero-order chi connectivity index (χ0) is 13.1. The maximum atomic E-state index is 10.5. The van der Waals surface area contributed by atoms with Crippen molar-refractivity contribution in [2.24, 2.45) is 11.1 Å². The molecule has 2 atom stereocenters. The van der Waals surface area contributed by atoms with Gasteiger partial charge in [-0.1, -0.05) is 65.8 Å². The molecule has 0 fully saturated rings. The minimum atomic E-state index is -0.595. The SMILES string of the molecule is OC(c1ccccc1)C1CON=C1c1ccccc1. The number of hydrogen-bond donors (Lipinski definition) is 1. The predicted molar refractivity (Wildman–Crippen MR) is 73.8 cm³/mol. The fourth-order valence-electron chi connectivity index (χ4n) is 2.33. The summed E-state index contributed by atoms with van der Waals surface area (Å²) in [7, 11) is 0. The van der Waals surface area contributed by atoms with E-state index in [2.05, 4.69) is 5.16 Å². The average Bonchev–Trinajstić information content (AvgIpc) is 2.98. The first kappa shape index (κ1) is 11.9. The van der Waals surface area contributed by atoms with E-state index >= 15 is 0 Å². The molecule has 1 aliphatic heterocycles. The lowest BCUT2D eigenvalue weighted by atomic mass is 9.89. The lowest BCUT2D eigenvalue weighted by molar-refractivity contribution is 0.0839. The first-order chi connectivity index (χ1) is 9.36. The van der Waals surface area contributed by atoms with Crippen molar-refractivity contribution >= 4 is 5.71 Å². The minimum Gasteiger partial charge on any atom is -0.395 e. The Bertz CT molecular complexity index is 566. The highest BCUT2D eigenvalue weighted by Gasteiger charge is 2.32. The largest absolute Gasteiger partial charge is 0.395 e. The van der Waals surface area contributed by atoms with Gasteiger partial charge in [-0.15, -0.1) is 0 Å². The van der Waals surface area contributed by atoms with E-state index in [0.717, 1.165) is 16.8 Å². The third kappa shape index (κ3) is 2.37. The Morgan fingerprint density at radius 3 is 2.32 bits per heavy atom. The second-order valence-corrected chi connectivity index (χ2v) is 4.60. The molecule has 3 rings (SSSR count). The number of hydrogen-bond acceptors (Lipinski definition) is 3. The van der Waals surface area contributed by atoms with Gasteiger partial charge in [0, 0.05) is 0 Å². The van der Waals surface area contributed by atoms with E-state index in [-0.39, 0.29) is 5.92 Å². The minimum absolute atomic E-state index is 0.121. The van der Waals surface area contributed by atoms with E-state index in [1.807, 2.05) is 60.7 Å². The molecule has 3 heteroatoms. The molecule has 0 spiro atoms. The molecule has 19 heavy (non-hydrogen) atoms. The molecule has 1 aliphatic rings. The third-order valence-electron chi connectivity index (χ3n) is 3.36. The van der Waals surface area contributed by atoms with Crippen LogP contribution < -0.4 is 0 Å². The molecule has 0 aliphatic carbocycles. The van der Waals surface area contributed by atoms with E-state index in [9.17, 15) is 5.11 Å². The van der Waals surface area contributed by atoms with Crippen molar-refractivity contribution in [3.8, 4) is 0 Å². The molecule has 0 saturated heterocycles. The number of aliphatic hydroxyl groups excluding tert-OH is 1. The van der Waals surface area contributed by atoms with Crippen molar-refractivity contribution < 1.29 is 9.94 Å². The maximum Gasteiger partial charge on any atom is 0.128 e. The summed E-state index contributed by atoms with van der Waals surface area (Å²) in [4.78, 5) is 5.19. The number of oxime groups is 1. The van der Waals surface area contributed by atoms with Gasteiger partial charge in [0.2, 0.25) is 0 Å². The molecule has 1 N–H and O–H groups in total. The Balaban J connectivity index is 1.88. The Hall–Kier alpha value is -2.13. The molecule has 2 unspecified atom stereocenters. The molecule has 0 saturated carbocycles. The van der Waals surface area contributed by atoms with Crippen molar-refractivity contribution in [1.29, 1.82) is 0 Å². The van der Waals surface area contributed by atoms with Gasteiger partial charge < -0.3 is 9.94 Å². The highest BCUT2D eigenvalue weighted by atomic mass is 16.6. The smallest absolute Gasteiger partial charge is 0.128 e. The summed E-state index contributed by atoms with van der Waals surface area (Å²) in [5.41, 5.74) is 2.71. The van der Waals surface area contributed by atoms with Gasteiger partial charge in [-0.25, -0.2) is 0 Å². The van der Waals surface area contributed by atoms with E-state index in [1.165, 1.54) is 0 Å². The summed E-state index contributed by atoms with van der Waals surface area (Å²) >= 11 is 0. The van der Waals surface area contributed by atoms with E-state index < -0.39 is 6.10 Å². The van der Waals surface area contributed by atoms with Gasteiger partial charge in [-0.05, 0) is 11.1 Å². The standard InChI is InChI=1S/C16H15NO2/c18-16(13-9-5-2-6-10-13)14-11-19-17-15(14)12-7-3-1-4-8-12/h1-10,14,16,18H,11H2. The van der Waals surface area contributed by atoms with Crippen LogP contribution in [0.3, 0.4) is 0 Å². The molecule has 0 aromatic heterocycles. The van der Waals surface area contributed by atoms with Gasteiger partial charge in [-0.3, -0.25) is 0 Å². The highest BCUT2D eigenvalue weighted by molar-refractivity contribution is 6.03. The number of benzene rings is 2. The van der Waals surface area contributed by atoms with Crippen LogP contribution in [-0.4, -0.2) is 17.4 Å². The van der Waals surface area contributed by atoms with Crippen LogP contribution in [0.2, 0.25) is 0 Å². The van der Waals surface area contributed by atoms with E-state index in [1.54, 1.807) is 0 Å². The van der Waals surface area contributed by atoms with Crippen molar-refractivity contribution in [3.63, 3.8) is 0 Å². The summed E-state index contributed by atoms with van der Waals surface area (Å²) in [6.07, 6.45) is -0.595. The molecular weight excluding hydrogens is 238 g/mol. The Morgan fingerprint density at radius 2 is 1.63 bits per heavy atom. The van der Waals surface area contributed by atoms with Crippen LogP contribution in [0.5, 0.6) is 0 Å². The van der Waals surface area contributed by atoms with Crippen molar-refractivity contribution in [2.45, 2.75) is 6.10 Å². The average molecular weight is 253 g/mol. The Morgan fingerprint density at radius 1 is 1.00 bits per heavy atom. The van der Waals surface area contributed by atoms with Gasteiger partial charge in [0.1, 0.15) is 6.61 Å². The summed E-state index contributed by atoms with van der Waals surface area (Å²) in [5, 5.41) is 14.6. The van der Waals surface area contributed by atoms with Crippen LogP contribution in [0.15, 0.2) is 65.8 Å². The van der Waals surface area contributed by atoms with Crippen molar-refractivity contribution in [3.05, 3.63) is 71.8 Å². The van der Waals surface area contributed by atoms with Crippen molar-refractivity contribution in [2.75, 3.05) is 6.61 Å². The summed E-state index contributed by atoms with van der Waals surface area (Å²) in [5.74, 6) is -0.121. The van der Waals surface area contributed by atoms with Gasteiger partial charge >= 0.3 is 0 Å². The maximum absolute atomic E-state index is 10.5. The predicted octanol–water partition coefficient (Wildman–Crippen LogP) is 2.77. The number of nitrogens with zero attached hydrogens (tertiary/aromatic N) is 1. The van der Waals surface area contributed by atoms with Crippen molar-refractivity contribution in [1.82, 2.24) is 0 Å². The third-order valence-corrected chi connectivity index (χ3v) is 3.36. The van der Waals surface area contributed by atoms with Gasteiger partial charge in [-0.2, -0.15) is 0 Å². The van der Waals surface area contributed by atoms with Crippen LogP contribution in [0.1, 0.15) is 17.2 Å². The zero-order valence-corrected chi connectivity index (χ0v) is 10.4. The first-order valence-electron chi connectivity index (χ1n) is 6.34. The van der Waals surface area contributed by atoms with Crippen LogP contribution >= 0.6 is 0 Å². The fraction of sp³-hybridized carbons (Fsp3) is 0.188. The lowest BCUT2D eigenvalue weighted by Gasteiger charge is -2.18. The second-order valence-electron chi connectivity index (χ2n) is 4.60. The molecule has 96 valence electrons. The van der Waals surface area contributed by atoms with Crippen LogP contribution in [0.4, 0.5) is 0 Å². The summed E-state index contributed by atoms with van der Waals surface area (Å²) in [6, 6.07) is 19.5. The van der Waals surface area contributed by atoms with Crippen LogP contribution in [0, 0.1) is 5.92 Å². The molecule has 0 amide bonds. The molecular formula is C16H15NO2. The fourth-order valence-corrected chi connectivity index (χ4v) is 2.33. The molecule has 3 nitrogen and oxygen atoms in total. The normalized spacial score (nSPS) is 19.6. The second kappa shape index (κ2) is 5.24. The zero-order valence-electron chi connectivity index (χ0n) is 10.4.